The van der Waals surface area contributed by atoms with Crippen LogP contribution in [0.3, 0.4) is 0 Å². The molecule has 0 aliphatic carbocycles. The van der Waals surface area contributed by atoms with Crippen LogP contribution in [0, 0.1) is 0 Å². The minimum Gasteiger partial charge on any atom is -0.276 e. The van der Waals surface area contributed by atoms with E-state index in [4.69, 9.17) is 11.6 Å². The predicted molar refractivity (Wildman–Crippen MR) is 69.5 cm³/mol. The molecule has 0 unspecified atom stereocenters. The summed E-state index contributed by atoms with van der Waals surface area (Å²) in [6, 6.07) is 13.8. The first-order valence-electron chi connectivity index (χ1n) is 4.87. The molecule has 0 radical (unpaired) electrons. The quantitative estimate of drug-likeness (QED) is 0.581. The highest BCUT2D eigenvalue weighted by Crippen LogP contribution is 2.34. The zero-order chi connectivity index (χ0) is 11.1. The maximum atomic E-state index is 11.1. The molecule has 0 saturated heterocycles. The second-order valence-corrected chi connectivity index (χ2v) is 5.01. The van der Waals surface area contributed by atoms with Crippen molar-refractivity contribution in [1.82, 2.24) is 0 Å². The molecule has 0 amide bonds. The second kappa shape index (κ2) is 3.58. The Labute approximate surface area is 101 Å². The average Bonchev–Trinajstić information content (AvgIpc) is 2.66. The number of benzene rings is 2. The van der Waals surface area contributed by atoms with Crippen molar-refractivity contribution in [3.63, 3.8) is 0 Å². The van der Waals surface area contributed by atoms with Gasteiger partial charge in [-0.1, -0.05) is 24.3 Å². The van der Waals surface area contributed by atoms with Crippen LogP contribution in [0.15, 0.2) is 42.5 Å². The van der Waals surface area contributed by atoms with E-state index in [2.05, 4.69) is 12.1 Å². The molecule has 0 bridgehead atoms. The standard InChI is InChI=1S/C13H7ClOS/c14-13(15)8-5-6-10-9-3-1-2-4-11(9)16-12(10)7-8/h1-7H. The fraction of sp³-hybridized carbons (Fsp3) is 0. The minimum atomic E-state index is -0.403. The van der Waals surface area contributed by atoms with Gasteiger partial charge in [0.15, 0.2) is 0 Å². The number of halogens is 1. The Balaban J connectivity index is 2.41. The minimum absolute atomic E-state index is 0.403. The van der Waals surface area contributed by atoms with E-state index in [0.29, 0.717) is 5.56 Å². The van der Waals surface area contributed by atoms with Crippen LogP contribution in [0.2, 0.25) is 0 Å². The molecule has 0 saturated carbocycles. The summed E-state index contributed by atoms with van der Waals surface area (Å²) in [4.78, 5) is 11.1. The first-order valence-corrected chi connectivity index (χ1v) is 6.06. The monoisotopic (exact) mass is 246 g/mol. The number of fused-ring (bicyclic) bond motifs is 3. The summed E-state index contributed by atoms with van der Waals surface area (Å²) in [6.45, 7) is 0. The van der Waals surface area contributed by atoms with Crippen LogP contribution in [0.1, 0.15) is 10.4 Å². The first-order chi connectivity index (χ1) is 7.75. The largest absolute Gasteiger partial charge is 0.276 e. The Kier molecular flexibility index (Phi) is 2.20. The van der Waals surface area contributed by atoms with Gasteiger partial charge in [0.05, 0.1) is 0 Å². The van der Waals surface area contributed by atoms with Gasteiger partial charge < -0.3 is 0 Å². The van der Waals surface area contributed by atoms with Gasteiger partial charge >= 0.3 is 0 Å². The number of carbonyl (C=O) groups is 1. The van der Waals surface area contributed by atoms with Crippen molar-refractivity contribution >= 4 is 48.4 Å². The Hall–Kier alpha value is -1.38. The van der Waals surface area contributed by atoms with Crippen LogP contribution in [-0.4, -0.2) is 5.24 Å². The lowest BCUT2D eigenvalue weighted by atomic mass is 10.1. The van der Waals surface area contributed by atoms with Gasteiger partial charge in [-0.25, -0.2) is 0 Å². The molecule has 0 N–H and O–H groups in total. The van der Waals surface area contributed by atoms with Gasteiger partial charge in [0.25, 0.3) is 5.24 Å². The molecule has 16 heavy (non-hydrogen) atoms. The van der Waals surface area contributed by atoms with E-state index >= 15 is 0 Å². The molecule has 1 aromatic heterocycles. The topological polar surface area (TPSA) is 17.1 Å². The van der Waals surface area contributed by atoms with E-state index in [0.717, 1.165) is 4.70 Å². The van der Waals surface area contributed by atoms with E-state index in [9.17, 15) is 4.79 Å². The third-order valence-electron chi connectivity index (χ3n) is 2.61. The third kappa shape index (κ3) is 1.42. The lowest BCUT2D eigenvalue weighted by Gasteiger charge is -1.94. The second-order valence-electron chi connectivity index (χ2n) is 3.58. The van der Waals surface area contributed by atoms with E-state index in [1.165, 1.54) is 15.5 Å². The van der Waals surface area contributed by atoms with Crippen molar-refractivity contribution in [3.05, 3.63) is 48.0 Å². The van der Waals surface area contributed by atoms with Crippen molar-refractivity contribution in [2.24, 2.45) is 0 Å². The SMILES string of the molecule is O=C(Cl)c1ccc2c(c1)sc1ccccc12. The van der Waals surface area contributed by atoms with E-state index in [-0.39, 0.29) is 0 Å². The lowest BCUT2D eigenvalue weighted by molar-refractivity contribution is 0.108. The van der Waals surface area contributed by atoms with Crippen molar-refractivity contribution in [2.75, 3.05) is 0 Å². The molecule has 3 rings (SSSR count). The summed E-state index contributed by atoms with van der Waals surface area (Å²) in [5.74, 6) is 0. The normalized spacial score (nSPS) is 11.1. The molecule has 3 heteroatoms. The summed E-state index contributed by atoms with van der Waals surface area (Å²) in [6.07, 6.45) is 0. The number of thiophene rings is 1. The predicted octanol–water partition coefficient (Wildman–Crippen LogP) is 4.43. The maximum absolute atomic E-state index is 11.1. The molecule has 0 aliphatic rings. The Morgan fingerprint density at radius 3 is 2.56 bits per heavy atom. The fourth-order valence-electron chi connectivity index (χ4n) is 1.85. The Morgan fingerprint density at radius 1 is 1.00 bits per heavy atom. The summed E-state index contributed by atoms with van der Waals surface area (Å²) >= 11 is 7.15. The van der Waals surface area contributed by atoms with Gasteiger partial charge in [-0.3, -0.25) is 4.79 Å². The summed E-state index contributed by atoms with van der Waals surface area (Å²) in [7, 11) is 0. The summed E-state index contributed by atoms with van der Waals surface area (Å²) in [5, 5.41) is 2.01. The van der Waals surface area contributed by atoms with E-state index in [1.54, 1.807) is 17.4 Å². The molecule has 78 valence electrons. The van der Waals surface area contributed by atoms with Gasteiger partial charge in [0, 0.05) is 25.7 Å². The van der Waals surface area contributed by atoms with Crippen molar-refractivity contribution < 1.29 is 4.79 Å². The van der Waals surface area contributed by atoms with Crippen molar-refractivity contribution in [1.29, 1.82) is 0 Å². The van der Waals surface area contributed by atoms with E-state index < -0.39 is 5.24 Å². The number of carbonyl (C=O) groups excluding carboxylic acids is 1. The smallest absolute Gasteiger partial charge is 0.252 e. The average molecular weight is 247 g/mol. The van der Waals surface area contributed by atoms with Crippen LogP contribution < -0.4 is 0 Å². The summed E-state index contributed by atoms with van der Waals surface area (Å²) in [5.41, 5.74) is 0.556. The highest BCUT2D eigenvalue weighted by Gasteiger charge is 2.07. The van der Waals surface area contributed by atoms with Gasteiger partial charge in [0.2, 0.25) is 0 Å². The van der Waals surface area contributed by atoms with Crippen LogP contribution in [0.4, 0.5) is 0 Å². The zero-order valence-electron chi connectivity index (χ0n) is 8.24. The number of hydrogen-bond donors (Lipinski definition) is 0. The molecule has 0 atom stereocenters. The van der Waals surface area contributed by atoms with Crippen molar-refractivity contribution in [2.45, 2.75) is 0 Å². The molecule has 2 aromatic carbocycles. The van der Waals surface area contributed by atoms with Crippen LogP contribution in [0.5, 0.6) is 0 Å². The molecule has 0 aliphatic heterocycles. The Bertz CT molecular complexity index is 699. The van der Waals surface area contributed by atoms with E-state index in [1.807, 2.05) is 24.3 Å². The third-order valence-corrected chi connectivity index (χ3v) is 3.96. The van der Waals surface area contributed by atoms with Gasteiger partial charge in [-0.2, -0.15) is 0 Å². The highest BCUT2D eigenvalue weighted by molar-refractivity contribution is 7.25. The van der Waals surface area contributed by atoms with Gasteiger partial charge in [-0.15, -0.1) is 11.3 Å². The van der Waals surface area contributed by atoms with Crippen LogP contribution in [0.25, 0.3) is 20.2 Å². The fourth-order valence-corrected chi connectivity index (χ4v) is 3.11. The molecule has 1 heterocycles. The van der Waals surface area contributed by atoms with Crippen LogP contribution >= 0.6 is 22.9 Å². The molecule has 0 fully saturated rings. The Morgan fingerprint density at radius 2 is 1.75 bits per heavy atom. The van der Waals surface area contributed by atoms with Gasteiger partial charge in [-0.05, 0) is 29.8 Å². The first kappa shape index (κ1) is 9.82. The lowest BCUT2D eigenvalue weighted by Crippen LogP contribution is -1.85. The molecule has 3 aromatic rings. The molecular formula is C13H7ClOS. The maximum Gasteiger partial charge on any atom is 0.252 e. The zero-order valence-corrected chi connectivity index (χ0v) is 9.81. The number of rotatable bonds is 1. The van der Waals surface area contributed by atoms with Crippen molar-refractivity contribution in [3.8, 4) is 0 Å². The number of hydrogen-bond acceptors (Lipinski definition) is 2. The molecule has 1 nitrogen and oxygen atoms in total. The highest BCUT2D eigenvalue weighted by atomic mass is 35.5. The van der Waals surface area contributed by atoms with Gasteiger partial charge in [0.1, 0.15) is 0 Å². The van der Waals surface area contributed by atoms with Crippen LogP contribution in [-0.2, 0) is 0 Å². The molecule has 0 spiro atoms. The molecular weight excluding hydrogens is 240 g/mol. The summed E-state index contributed by atoms with van der Waals surface area (Å²) < 4.78 is 2.34.